The first-order chi connectivity index (χ1) is 12.7. The molecule has 7 heteroatoms. The fraction of sp³-hybridized carbons (Fsp3) is 0.316. The molecule has 1 atom stereocenters. The lowest BCUT2D eigenvalue weighted by molar-refractivity contribution is -0.918. The van der Waals surface area contributed by atoms with Crippen LogP contribution in [0.15, 0.2) is 48.5 Å². The average Bonchev–Trinajstić information content (AvgIpc) is 3.12. The van der Waals surface area contributed by atoms with Crippen LogP contribution in [-0.4, -0.2) is 41.0 Å². The van der Waals surface area contributed by atoms with Crippen molar-refractivity contribution in [1.29, 1.82) is 0 Å². The molecule has 1 N–H and O–H groups in total. The number of ether oxygens (including phenoxy) is 2. The van der Waals surface area contributed by atoms with Crippen LogP contribution in [0.3, 0.4) is 0 Å². The molecule has 26 heavy (non-hydrogen) atoms. The van der Waals surface area contributed by atoms with Gasteiger partial charge >= 0.3 is 0 Å². The molecule has 0 bridgehead atoms. The van der Waals surface area contributed by atoms with E-state index in [2.05, 4.69) is 28.5 Å². The molecule has 0 saturated heterocycles. The number of nitrogens with zero attached hydrogens (tertiary/aromatic N) is 4. The van der Waals surface area contributed by atoms with Crippen LogP contribution in [0, 0.1) is 0 Å². The highest BCUT2D eigenvalue weighted by atomic mass is 16.5. The minimum atomic E-state index is 0.614. The van der Waals surface area contributed by atoms with E-state index in [1.807, 2.05) is 49.4 Å². The normalized spacial score (nSPS) is 12.0. The van der Waals surface area contributed by atoms with Gasteiger partial charge in [0.25, 0.3) is 0 Å². The predicted molar refractivity (Wildman–Crippen MR) is 98.0 cm³/mol. The molecule has 0 radical (unpaired) electrons. The summed E-state index contributed by atoms with van der Waals surface area (Å²) in [6, 6.07) is 15.9. The van der Waals surface area contributed by atoms with Crippen molar-refractivity contribution in [3.63, 3.8) is 0 Å². The molecular formula is C19H24N5O2+. The Bertz CT molecular complexity index is 835. The molecule has 1 aromatic heterocycles. The van der Waals surface area contributed by atoms with Gasteiger partial charge in [0, 0.05) is 11.1 Å². The van der Waals surface area contributed by atoms with Crippen molar-refractivity contribution in [2.45, 2.75) is 20.1 Å². The third-order valence-corrected chi connectivity index (χ3v) is 3.93. The van der Waals surface area contributed by atoms with E-state index in [4.69, 9.17) is 9.47 Å². The molecule has 0 aliphatic carbocycles. The van der Waals surface area contributed by atoms with Gasteiger partial charge in [0.1, 0.15) is 6.54 Å². The minimum absolute atomic E-state index is 0.614. The van der Waals surface area contributed by atoms with E-state index in [0.717, 1.165) is 29.2 Å². The SMILES string of the molecule is CCOc1ccc(C[NH+](C)Cn2nnc(-c3ccccc3)n2)cc1OC. The van der Waals surface area contributed by atoms with Gasteiger partial charge in [0.05, 0.1) is 20.8 Å². The summed E-state index contributed by atoms with van der Waals surface area (Å²) in [5, 5.41) is 12.8. The zero-order valence-corrected chi connectivity index (χ0v) is 15.3. The smallest absolute Gasteiger partial charge is 0.205 e. The molecule has 1 heterocycles. The molecule has 136 valence electrons. The van der Waals surface area contributed by atoms with Crippen LogP contribution in [0.4, 0.5) is 0 Å². The van der Waals surface area contributed by atoms with Crippen LogP contribution in [-0.2, 0) is 13.2 Å². The minimum Gasteiger partial charge on any atom is -0.493 e. The van der Waals surface area contributed by atoms with E-state index in [9.17, 15) is 0 Å². The largest absolute Gasteiger partial charge is 0.493 e. The van der Waals surface area contributed by atoms with Gasteiger partial charge in [-0.25, -0.2) is 0 Å². The van der Waals surface area contributed by atoms with E-state index in [-0.39, 0.29) is 0 Å². The van der Waals surface area contributed by atoms with Crippen LogP contribution in [0.25, 0.3) is 11.4 Å². The Balaban J connectivity index is 1.64. The second-order valence-electron chi connectivity index (χ2n) is 6.06. The van der Waals surface area contributed by atoms with E-state index in [1.165, 1.54) is 4.90 Å². The van der Waals surface area contributed by atoms with Crippen LogP contribution in [0.5, 0.6) is 11.5 Å². The zero-order chi connectivity index (χ0) is 18.4. The maximum absolute atomic E-state index is 5.56. The molecule has 0 spiro atoms. The molecule has 3 aromatic rings. The monoisotopic (exact) mass is 354 g/mol. The summed E-state index contributed by atoms with van der Waals surface area (Å²) in [4.78, 5) is 2.86. The first-order valence-electron chi connectivity index (χ1n) is 8.64. The second kappa shape index (κ2) is 8.44. The van der Waals surface area contributed by atoms with Gasteiger partial charge in [0.2, 0.25) is 5.82 Å². The molecule has 0 saturated carbocycles. The summed E-state index contributed by atoms with van der Waals surface area (Å²) < 4.78 is 11.0. The Morgan fingerprint density at radius 3 is 2.62 bits per heavy atom. The molecule has 3 rings (SSSR count). The number of hydrogen-bond donors (Lipinski definition) is 1. The maximum atomic E-state index is 5.56. The molecule has 0 aliphatic rings. The number of hydrogen-bond acceptors (Lipinski definition) is 5. The molecule has 2 aromatic carbocycles. The molecule has 0 aliphatic heterocycles. The van der Waals surface area contributed by atoms with Gasteiger partial charge in [-0.3, -0.25) is 0 Å². The average molecular weight is 354 g/mol. The molecular weight excluding hydrogens is 330 g/mol. The van der Waals surface area contributed by atoms with Crippen molar-refractivity contribution in [3.05, 3.63) is 54.1 Å². The third-order valence-electron chi connectivity index (χ3n) is 3.93. The van der Waals surface area contributed by atoms with Crippen molar-refractivity contribution >= 4 is 0 Å². The Morgan fingerprint density at radius 2 is 1.88 bits per heavy atom. The highest BCUT2D eigenvalue weighted by Gasteiger charge is 2.12. The lowest BCUT2D eigenvalue weighted by Gasteiger charge is -2.15. The summed E-state index contributed by atoms with van der Waals surface area (Å²) >= 11 is 0. The summed E-state index contributed by atoms with van der Waals surface area (Å²) in [7, 11) is 3.75. The lowest BCUT2D eigenvalue weighted by atomic mass is 10.2. The number of benzene rings is 2. The zero-order valence-electron chi connectivity index (χ0n) is 15.3. The van der Waals surface area contributed by atoms with Crippen molar-refractivity contribution in [2.24, 2.45) is 0 Å². The number of nitrogens with one attached hydrogen (secondary N) is 1. The molecule has 7 nitrogen and oxygen atoms in total. The van der Waals surface area contributed by atoms with Gasteiger partial charge < -0.3 is 14.4 Å². The predicted octanol–water partition coefficient (Wildman–Crippen LogP) is 1.42. The van der Waals surface area contributed by atoms with Crippen molar-refractivity contribution in [3.8, 4) is 22.9 Å². The number of methoxy groups -OCH3 is 1. The Kier molecular flexibility index (Phi) is 5.80. The first kappa shape index (κ1) is 17.9. The fourth-order valence-corrected chi connectivity index (χ4v) is 2.76. The second-order valence-corrected chi connectivity index (χ2v) is 6.06. The van der Waals surface area contributed by atoms with E-state index >= 15 is 0 Å². The summed E-state index contributed by atoms with van der Waals surface area (Å²) in [6.45, 7) is 4.00. The first-order valence-corrected chi connectivity index (χ1v) is 8.64. The lowest BCUT2D eigenvalue weighted by Crippen LogP contribution is -3.07. The number of tetrazole rings is 1. The standard InChI is InChI=1S/C19H23N5O2/c1-4-26-17-11-10-15(12-18(17)25-3)13-23(2)14-24-21-19(20-22-24)16-8-6-5-7-9-16/h5-12H,4,13-14H2,1-3H3/p+1. The summed E-state index contributed by atoms with van der Waals surface area (Å²) in [6.07, 6.45) is 0. The van der Waals surface area contributed by atoms with Gasteiger partial charge in [-0.1, -0.05) is 30.3 Å². The Labute approximate surface area is 153 Å². The van der Waals surface area contributed by atoms with Crippen LogP contribution in [0.2, 0.25) is 0 Å². The molecule has 1 unspecified atom stereocenters. The van der Waals surface area contributed by atoms with Gasteiger partial charge in [0.15, 0.2) is 18.2 Å². The highest BCUT2D eigenvalue weighted by molar-refractivity contribution is 5.52. The topological polar surface area (TPSA) is 66.5 Å². The van der Waals surface area contributed by atoms with Gasteiger partial charge in [-0.05, 0) is 30.3 Å². The van der Waals surface area contributed by atoms with Crippen LogP contribution < -0.4 is 14.4 Å². The Morgan fingerprint density at radius 1 is 1.08 bits per heavy atom. The summed E-state index contributed by atoms with van der Waals surface area (Å²) in [5.74, 6) is 2.16. The fourth-order valence-electron chi connectivity index (χ4n) is 2.76. The van der Waals surface area contributed by atoms with E-state index in [0.29, 0.717) is 19.1 Å². The maximum Gasteiger partial charge on any atom is 0.205 e. The number of aromatic nitrogens is 4. The molecule has 0 fully saturated rings. The molecule has 0 amide bonds. The van der Waals surface area contributed by atoms with Gasteiger partial charge in [-0.2, -0.15) is 0 Å². The van der Waals surface area contributed by atoms with Crippen LogP contribution >= 0.6 is 0 Å². The van der Waals surface area contributed by atoms with Crippen molar-refractivity contribution in [1.82, 2.24) is 20.2 Å². The van der Waals surface area contributed by atoms with Crippen molar-refractivity contribution in [2.75, 3.05) is 20.8 Å². The van der Waals surface area contributed by atoms with Crippen LogP contribution in [0.1, 0.15) is 12.5 Å². The quantitative estimate of drug-likeness (QED) is 0.663. The third kappa shape index (κ3) is 4.37. The van der Waals surface area contributed by atoms with Gasteiger partial charge in [-0.15, -0.1) is 15.0 Å². The number of quaternary nitrogens is 1. The summed E-state index contributed by atoms with van der Waals surface area (Å²) in [5.41, 5.74) is 2.12. The van der Waals surface area contributed by atoms with E-state index < -0.39 is 0 Å². The Hall–Kier alpha value is -2.93. The van der Waals surface area contributed by atoms with Crippen molar-refractivity contribution < 1.29 is 14.4 Å². The number of rotatable bonds is 8. The van der Waals surface area contributed by atoms with E-state index in [1.54, 1.807) is 11.9 Å². The highest BCUT2D eigenvalue weighted by Crippen LogP contribution is 2.27.